The number of nitrogens with one attached hydrogen (secondary N) is 1. The Labute approximate surface area is 91.7 Å². The van der Waals surface area contributed by atoms with Crippen LogP contribution in [0.1, 0.15) is 37.9 Å². The Morgan fingerprint density at radius 1 is 1.60 bits per heavy atom. The maximum Gasteiger partial charge on any atom is 0.120 e. The first-order chi connectivity index (χ1) is 7.17. The van der Waals surface area contributed by atoms with Crippen LogP contribution >= 0.6 is 0 Å². The van der Waals surface area contributed by atoms with Crippen LogP contribution in [0.25, 0.3) is 0 Å². The van der Waals surface area contributed by atoms with Gasteiger partial charge in [-0.1, -0.05) is 13.3 Å². The van der Waals surface area contributed by atoms with Crippen LogP contribution in [-0.2, 0) is 13.6 Å². The van der Waals surface area contributed by atoms with Crippen molar-refractivity contribution in [1.29, 1.82) is 5.26 Å². The molecule has 1 aromatic rings. The van der Waals surface area contributed by atoms with E-state index in [1.54, 1.807) is 0 Å². The summed E-state index contributed by atoms with van der Waals surface area (Å²) in [4.78, 5) is 0. The van der Waals surface area contributed by atoms with E-state index in [0.717, 1.165) is 12.2 Å². The predicted octanol–water partition coefficient (Wildman–Crippen LogP) is 2.17. The van der Waals surface area contributed by atoms with Crippen molar-refractivity contribution in [1.82, 2.24) is 9.88 Å². The Morgan fingerprint density at radius 2 is 2.33 bits per heavy atom. The van der Waals surface area contributed by atoms with Gasteiger partial charge in [0.2, 0.25) is 0 Å². The smallest absolute Gasteiger partial charge is 0.120 e. The van der Waals surface area contributed by atoms with Gasteiger partial charge >= 0.3 is 0 Å². The maximum absolute atomic E-state index is 8.80. The minimum Gasteiger partial charge on any atom is -0.342 e. The molecule has 1 heterocycles. The third-order valence-electron chi connectivity index (χ3n) is 2.55. The van der Waals surface area contributed by atoms with E-state index in [9.17, 15) is 0 Å². The number of aromatic nitrogens is 1. The Bertz CT molecular complexity index is 346. The molecule has 0 saturated carbocycles. The molecule has 82 valence electrons. The Kier molecular flexibility index (Phi) is 4.38. The van der Waals surface area contributed by atoms with Gasteiger partial charge in [-0.25, -0.2) is 0 Å². The van der Waals surface area contributed by atoms with Crippen molar-refractivity contribution in [2.24, 2.45) is 7.05 Å². The van der Waals surface area contributed by atoms with Gasteiger partial charge in [0.05, 0.1) is 0 Å². The lowest BCUT2D eigenvalue weighted by Crippen LogP contribution is -2.24. The minimum atomic E-state index is 0.542. The molecule has 1 N–H and O–H groups in total. The average molecular weight is 205 g/mol. The van der Waals surface area contributed by atoms with E-state index >= 15 is 0 Å². The SMILES string of the molecule is CCCC(C)NCc1cc(C#N)n(C)c1. The van der Waals surface area contributed by atoms with E-state index in [1.165, 1.54) is 18.4 Å². The summed E-state index contributed by atoms with van der Waals surface area (Å²) in [6.45, 7) is 5.23. The van der Waals surface area contributed by atoms with Gasteiger partial charge in [-0.3, -0.25) is 0 Å². The number of nitriles is 1. The van der Waals surface area contributed by atoms with E-state index in [0.29, 0.717) is 6.04 Å². The average Bonchev–Trinajstić information content (AvgIpc) is 2.56. The highest BCUT2D eigenvalue weighted by atomic mass is 14.9. The summed E-state index contributed by atoms with van der Waals surface area (Å²) < 4.78 is 1.86. The molecule has 0 aliphatic rings. The fourth-order valence-electron chi connectivity index (χ4n) is 1.67. The van der Waals surface area contributed by atoms with E-state index in [4.69, 9.17) is 5.26 Å². The largest absolute Gasteiger partial charge is 0.342 e. The summed E-state index contributed by atoms with van der Waals surface area (Å²) >= 11 is 0. The van der Waals surface area contributed by atoms with Gasteiger partial charge in [-0.2, -0.15) is 5.26 Å². The molecule has 0 aliphatic heterocycles. The zero-order valence-corrected chi connectivity index (χ0v) is 9.75. The molecule has 1 aromatic heterocycles. The first-order valence-corrected chi connectivity index (χ1v) is 5.46. The van der Waals surface area contributed by atoms with Crippen molar-refractivity contribution < 1.29 is 0 Å². The monoisotopic (exact) mass is 205 g/mol. The van der Waals surface area contributed by atoms with Gasteiger partial charge in [0.1, 0.15) is 11.8 Å². The van der Waals surface area contributed by atoms with Gasteiger partial charge in [0.15, 0.2) is 0 Å². The van der Waals surface area contributed by atoms with Gasteiger partial charge in [0, 0.05) is 25.8 Å². The molecule has 0 aliphatic carbocycles. The van der Waals surface area contributed by atoms with Crippen LogP contribution in [0, 0.1) is 11.3 Å². The molecule has 0 saturated heterocycles. The number of hydrogen-bond donors (Lipinski definition) is 1. The topological polar surface area (TPSA) is 40.8 Å². The van der Waals surface area contributed by atoms with Crippen molar-refractivity contribution in [3.63, 3.8) is 0 Å². The lowest BCUT2D eigenvalue weighted by Gasteiger charge is -2.11. The third kappa shape index (κ3) is 3.41. The van der Waals surface area contributed by atoms with Crippen molar-refractivity contribution in [2.75, 3.05) is 0 Å². The molecule has 0 radical (unpaired) electrons. The number of aryl methyl sites for hydroxylation is 1. The molecule has 0 spiro atoms. The predicted molar refractivity (Wildman–Crippen MR) is 61.3 cm³/mol. The van der Waals surface area contributed by atoms with Crippen molar-refractivity contribution in [3.8, 4) is 6.07 Å². The molecule has 1 unspecified atom stereocenters. The summed E-state index contributed by atoms with van der Waals surface area (Å²) in [6.07, 6.45) is 4.40. The van der Waals surface area contributed by atoms with Crippen molar-refractivity contribution >= 4 is 0 Å². The highest BCUT2D eigenvalue weighted by Crippen LogP contribution is 2.06. The van der Waals surface area contributed by atoms with Crippen LogP contribution in [-0.4, -0.2) is 10.6 Å². The Balaban J connectivity index is 2.48. The van der Waals surface area contributed by atoms with E-state index in [-0.39, 0.29) is 0 Å². The first-order valence-electron chi connectivity index (χ1n) is 5.46. The van der Waals surface area contributed by atoms with Crippen molar-refractivity contribution in [2.45, 2.75) is 39.3 Å². The zero-order chi connectivity index (χ0) is 11.3. The summed E-state index contributed by atoms with van der Waals surface area (Å²) in [5.41, 5.74) is 1.90. The lowest BCUT2D eigenvalue weighted by molar-refractivity contribution is 0.508. The second-order valence-electron chi connectivity index (χ2n) is 4.03. The van der Waals surface area contributed by atoms with Crippen LogP contribution in [0.5, 0.6) is 0 Å². The highest BCUT2D eigenvalue weighted by Gasteiger charge is 2.04. The highest BCUT2D eigenvalue weighted by molar-refractivity contribution is 5.28. The molecule has 3 nitrogen and oxygen atoms in total. The lowest BCUT2D eigenvalue weighted by atomic mass is 10.2. The molecule has 0 fully saturated rings. The number of rotatable bonds is 5. The Hall–Kier alpha value is -1.27. The molecule has 0 amide bonds. The zero-order valence-electron chi connectivity index (χ0n) is 9.75. The van der Waals surface area contributed by atoms with E-state index in [1.807, 2.05) is 23.9 Å². The summed E-state index contributed by atoms with van der Waals surface area (Å²) in [5.74, 6) is 0. The standard InChI is InChI=1S/C12H19N3/c1-4-5-10(2)14-8-11-6-12(7-13)15(3)9-11/h6,9-10,14H,4-5,8H2,1-3H3. The van der Waals surface area contributed by atoms with Crippen LogP contribution in [0.3, 0.4) is 0 Å². The van der Waals surface area contributed by atoms with E-state index < -0.39 is 0 Å². The second kappa shape index (κ2) is 5.57. The third-order valence-corrected chi connectivity index (χ3v) is 2.55. The molecule has 0 aromatic carbocycles. The summed E-state index contributed by atoms with van der Waals surface area (Å²) in [7, 11) is 1.90. The quantitative estimate of drug-likeness (QED) is 0.800. The molecule has 1 rings (SSSR count). The van der Waals surface area contributed by atoms with Gasteiger partial charge < -0.3 is 9.88 Å². The molecular formula is C12H19N3. The Morgan fingerprint density at radius 3 is 2.87 bits per heavy atom. The molecule has 3 heteroatoms. The second-order valence-corrected chi connectivity index (χ2v) is 4.03. The molecule has 0 bridgehead atoms. The van der Waals surface area contributed by atoms with Crippen LogP contribution < -0.4 is 5.32 Å². The van der Waals surface area contributed by atoms with E-state index in [2.05, 4.69) is 25.2 Å². The molecular weight excluding hydrogens is 186 g/mol. The van der Waals surface area contributed by atoms with Crippen LogP contribution in [0.4, 0.5) is 0 Å². The fourth-order valence-corrected chi connectivity index (χ4v) is 1.67. The van der Waals surface area contributed by atoms with Crippen LogP contribution in [0.2, 0.25) is 0 Å². The number of hydrogen-bond acceptors (Lipinski definition) is 2. The summed E-state index contributed by atoms with van der Waals surface area (Å²) in [5, 5.41) is 12.2. The number of nitrogens with zero attached hydrogens (tertiary/aromatic N) is 2. The van der Waals surface area contributed by atoms with Crippen LogP contribution in [0.15, 0.2) is 12.3 Å². The van der Waals surface area contributed by atoms with Gasteiger partial charge in [-0.15, -0.1) is 0 Å². The van der Waals surface area contributed by atoms with Gasteiger partial charge in [-0.05, 0) is 25.0 Å². The molecule has 1 atom stereocenters. The fraction of sp³-hybridized carbons (Fsp3) is 0.583. The van der Waals surface area contributed by atoms with Gasteiger partial charge in [0.25, 0.3) is 0 Å². The maximum atomic E-state index is 8.80. The summed E-state index contributed by atoms with van der Waals surface area (Å²) in [6, 6.07) is 4.64. The minimum absolute atomic E-state index is 0.542. The first kappa shape index (κ1) is 11.8. The molecule has 15 heavy (non-hydrogen) atoms. The normalized spacial score (nSPS) is 12.4. The van der Waals surface area contributed by atoms with Crippen molar-refractivity contribution in [3.05, 3.63) is 23.5 Å².